The molecule has 0 amide bonds. The Kier molecular flexibility index (Phi) is 3.78. The molecule has 1 N–H and O–H groups in total. The van der Waals surface area contributed by atoms with E-state index in [0.29, 0.717) is 17.5 Å². The number of aromatic nitrogens is 2. The molecular formula is C18H13FN2OS2. The van der Waals surface area contributed by atoms with Gasteiger partial charge in [-0.25, -0.2) is 14.4 Å². The van der Waals surface area contributed by atoms with Gasteiger partial charge in [-0.2, -0.15) is 0 Å². The molecule has 0 spiro atoms. The fraction of sp³-hybridized carbons (Fsp3) is 0.111. The SMILES string of the molecule is Cc1nc2c(O)c(-c3ncc(Cc4ccc(F)cc4)s3)ccc2s1. The van der Waals surface area contributed by atoms with E-state index in [9.17, 15) is 9.50 Å². The molecule has 0 fully saturated rings. The highest BCUT2D eigenvalue weighted by Gasteiger charge is 2.15. The summed E-state index contributed by atoms with van der Waals surface area (Å²) in [7, 11) is 0. The lowest BCUT2D eigenvalue weighted by atomic mass is 10.1. The second-order valence-corrected chi connectivity index (χ2v) is 7.83. The molecule has 0 unspecified atom stereocenters. The first-order valence-corrected chi connectivity index (χ1v) is 9.02. The standard InChI is InChI=1S/C18H13FN2OS2/c1-10-21-16-15(23-10)7-6-14(17(16)22)18-20-9-13(24-18)8-11-2-4-12(19)5-3-11/h2-7,9,22H,8H2,1H3. The van der Waals surface area contributed by atoms with Gasteiger partial charge >= 0.3 is 0 Å². The van der Waals surface area contributed by atoms with Gasteiger partial charge in [-0.05, 0) is 36.8 Å². The van der Waals surface area contributed by atoms with Gasteiger partial charge in [-0.15, -0.1) is 22.7 Å². The van der Waals surface area contributed by atoms with Crippen LogP contribution in [0.4, 0.5) is 4.39 Å². The smallest absolute Gasteiger partial charge is 0.152 e. The number of aromatic hydroxyl groups is 1. The van der Waals surface area contributed by atoms with Crippen molar-refractivity contribution in [2.75, 3.05) is 0 Å². The maximum atomic E-state index is 13.0. The van der Waals surface area contributed by atoms with E-state index in [0.717, 1.165) is 25.2 Å². The largest absolute Gasteiger partial charge is 0.505 e. The van der Waals surface area contributed by atoms with Gasteiger partial charge < -0.3 is 5.11 Å². The van der Waals surface area contributed by atoms with Crippen molar-refractivity contribution < 1.29 is 9.50 Å². The Morgan fingerprint density at radius 1 is 1.08 bits per heavy atom. The van der Waals surface area contributed by atoms with Crippen LogP contribution in [0.3, 0.4) is 0 Å². The lowest BCUT2D eigenvalue weighted by Crippen LogP contribution is -1.84. The lowest BCUT2D eigenvalue weighted by Gasteiger charge is -2.01. The van der Waals surface area contributed by atoms with Crippen LogP contribution in [0, 0.1) is 12.7 Å². The maximum Gasteiger partial charge on any atom is 0.152 e. The van der Waals surface area contributed by atoms with Gasteiger partial charge in [-0.3, -0.25) is 0 Å². The minimum Gasteiger partial charge on any atom is -0.505 e. The fourth-order valence-corrected chi connectivity index (χ4v) is 4.38. The van der Waals surface area contributed by atoms with Crippen molar-refractivity contribution >= 4 is 32.9 Å². The predicted molar refractivity (Wildman–Crippen MR) is 96.3 cm³/mol. The third-order valence-electron chi connectivity index (χ3n) is 3.72. The predicted octanol–water partition coefficient (Wildman–Crippen LogP) is 5.16. The van der Waals surface area contributed by atoms with Gasteiger partial charge in [0.25, 0.3) is 0 Å². The van der Waals surface area contributed by atoms with E-state index in [2.05, 4.69) is 9.97 Å². The molecule has 0 aliphatic carbocycles. The number of phenols is 1. The number of halogens is 1. The number of fused-ring (bicyclic) bond motifs is 1. The second kappa shape index (κ2) is 5.96. The monoisotopic (exact) mass is 356 g/mol. The van der Waals surface area contributed by atoms with Crippen LogP contribution < -0.4 is 0 Å². The highest BCUT2D eigenvalue weighted by atomic mass is 32.1. The van der Waals surface area contributed by atoms with Gasteiger partial charge in [0.2, 0.25) is 0 Å². The van der Waals surface area contributed by atoms with E-state index >= 15 is 0 Å². The van der Waals surface area contributed by atoms with Gasteiger partial charge in [0.05, 0.1) is 15.3 Å². The first kappa shape index (κ1) is 15.2. The number of hydrogen-bond donors (Lipinski definition) is 1. The van der Waals surface area contributed by atoms with Crippen molar-refractivity contribution in [3.05, 3.63) is 63.9 Å². The molecule has 0 saturated carbocycles. The summed E-state index contributed by atoms with van der Waals surface area (Å²) in [6.07, 6.45) is 2.50. The van der Waals surface area contributed by atoms with Crippen molar-refractivity contribution in [3.63, 3.8) is 0 Å². The summed E-state index contributed by atoms with van der Waals surface area (Å²) < 4.78 is 14.0. The van der Waals surface area contributed by atoms with Crippen LogP contribution in [-0.4, -0.2) is 15.1 Å². The molecule has 4 aromatic rings. The van der Waals surface area contributed by atoms with Crippen LogP contribution in [0.15, 0.2) is 42.6 Å². The molecular weight excluding hydrogens is 343 g/mol. The summed E-state index contributed by atoms with van der Waals surface area (Å²) in [5, 5.41) is 12.2. The third kappa shape index (κ3) is 2.79. The van der Waals surface area contributed by atoms with Crippen LogP contribution in [0.25, 0.3) is 20.8 Å². The minimum atomic E-state index is -0.236. The summed E-state index contributed by atoms with van der Waals surface area (Å²) >= 11 is 3.08. The highest BCUT2D eigenvalue weighted by molar-refractivity contribution is 7.18. The van der Waals surface area contributed by atoms with E-state index in [1.807, 2.05) is 19.1 Å². The first-order valence-electron chi connectivity index (χ1n) is 7.39. The van der Waals surface area contributed by atoms with E-state index < -0.39 is 0 Å². The van der Waals surface area contributed by atoms with Gasteiger partial charge in [-0.1, -0.05) is 12.1 Å². The van der Waals surface area contributed by atoms with Crippen LogP contribution >= 0.6 is 22.7 Å². The number of thiazole rings is 2. The van der Waals surface area contributed by atoms with E-state index in [1.54, 1.807) is 29.7 Å². The van der Waals surface area contributed by atoms with E-state index in [4.69, 9.17) is 0 Å². The molecule has 4 rings (SSSR count). The summed E-state index contributed by atoms with van der Waals surface area (Å²) in [6, 6.07) is 10.3. The first-order chi connectivity index (χ1) is 11.6. The zero-order valence-corrected chi connectivity index (χ0v) is 14.4. The molecule has 2 aromatic heterocycles. The second-order valence-electron chi connectivity index (χ2n) is 5.48. The molecule has 0 bridgehead atoms. The van der Waals surface area contributed by atoms with Crippen molar-refractivity contribution in [2.24, 2.45) is 0 Å². The van der Waals surface area contributed by atoms with Gasteiger partial charge in [0.15, 0.2) is 5.75 Å². The molecule has 6 heteroatoms. The molecule has 0 aliphatic rings. The molecule has 0 radical (unpaired) electrons. The topological polar surface area (TPSA) is 46.0 Å². The number of phenolic OH excluding ortho intramolecular Hbond substituents is 1. The third-order valence-corrected chi connectivity index (χ3v) is 5.68. The fourth-order valence-electron chi connectivity index (χ4n) is 2.58. The average Bonchev–Trinajstić information content (AvgIpc) is 3.16. The number of nitrogens with zero attached hydrogens (tertiary/aromatic N) is 2. The van der Waals surface area contributed by atoms with Crippen molar-refractivity contribution in [1.82, 2.24) is 9.97 Å². The zero-order valence-electron chi connectivity index (χ0n) is 12.8. The molecule has 3 nitrogen and oxygen atoms in total. The Hall–Kier alpha value is -2.31. The minimum absolute atomic E-state index is 0.180. The molecule has 120 valence electrons. The maximum absolute atomic E-state index is 13.0. The van der Waals surface area contributed by atoms with Crippen LogP contribution in [0.1, 0.15) is 15.4 Å². The van der Waals surface area contributed by atoms with Gasteiger partial charge in [0.1, 0.15) is 16.3 Å². The normalized spacial score (nSPS) is 11.2. The molecule has 2 heterocycles. The molecule has 0 atom stereocenters. The summed E-state index contributed by atoms with van der Waals surface area (Å²) in [4.78, 5) is 9.89. The summed E-state index contributed by atoms with van der Waals surface area (Å²) in [5.41, 5.74) is 2.36. The zero-order chi connectivity index (χ0) is 16.7. The van der Waals surface area contributed by atoms with Gasteiger partial charge in [0, 0.05) is 17.5 Å². The Morgan fingerprint density at radius 3 is 2.67 bits per heavy atom. The van der Waals surface area contributed by atoms with E-state index in [1.165, 1.54) is 23.5 Å². The van der Waals surface area contributed by atoms with Crippen LogP contribution in [0.2, 0.25) is 0 Å². The molecule has 24 heavy (non-hydrogen) atoms. The molecule has 2 aromatic carbocycles. The quantitative estimate of drug-likeness (QED) is 0.551. The van der Waals surface area contributed by atoms with Crippen LogP contribution in [0.5, 0.6) is 5.75 Å². The van der Waals surface area contributed by atoms with Crippen molar-refractivity contribution in [2.45, 2.75) is 13.3 Å². The van der Waals surface area contributed by atoms with Crippen molar-refractivity contribution in [1.29, 1.82) is 0 Å². The summed E-state index contributed by atoms with van der Waals surface area (Å²) in [6.45, 7) is 1.92. The average molecular weight is 356 g/mol. The van der Waals surface area contributed by atoms with Crippen LogP contribution in [-0.2, 0) is 6.42 Å². The summed E-state index contributed by atoms with van der Waals surface area (Å²) in [5.74, 6) is -0.0555. The van der Waals surface area contributed by atoms with Crippen molar-refractivity contribution in [3.8, 4) is 16.3 Å². The Balaban J connectivity index is 1.67. The number of rotatable bonds is 3. The Morgan fingerprint density at radius 2 is 1.88 bits per heavy atom. The molecule has 0 aliphatic heterocycles. The molecule has 0 saturated heterocycles. The highest BCUT2D eigenvalue weighted by Crippen LogP contribution is 2.39. The Bertz CT molecular complexity index is 1020. The number of hydrogen-bond acceptors (Lipinski definition) is 5. The Labute approximate surface area is 146 Å². The lowest BCUT2D eigenvalue weighted by molar-refractivity contribution is 0.482. The number of benzene rings is 2. The number of aryl methyl sites for hydroxylation is 1. The van der Waals surface area contributed by atoms with E-state index in [-0.39, 0.29) is 11.6 Å².